The largest absolute Gasteiger partial charge is 0.368 e. The summed E-state index contributed by atoms with van der Waals surface area (Å²) in [6.45, 7) is 6.93. The van der Waals surface area contributed by atoms with Crippen molar-refractivity contribution in [2.45, 2.75) is 33.1 Å². The minimum absolute atomic E-state index is 0.279. The summed E-state index contributed by atoms with van der Waals surface area (Å²) < 4.78 is 5.36. The number of carbonyl (C=O) groups excluding carboxylic acids is 1. The van der Waals surface area contributed by atoms with Crippen molar-refractivity contribution in [2.24, 2.45) is 11.8 Å². The highest BCUT2D eigenvalue weighted by Crippen LogP contribution is 2.18. The SMILES string of the molecule is C#CCOCC1CCCN(C(=O)CC(C)C)C1. The van der Waals surface area contributed by atoms with Crippen LogP contribution >= 0.6 is 0 Å². The summed E-state index contributed by atoms with van der Waals surface area (Å²) in [4.78, 5) is 13.9. The zero-order valence-corrected chi connectivity index (χ0v) is 10.9. The molecule has 1 heterocycles. The Morgan fingerprint density at radius 2 is 2.35 bits per heavy atom. The molecule has 0 spiro atoms. The number of piperidine rings is 1. The zero-order valence-electron chi connectivity index (χ0n) is 10.9. The number of likely N-dealkylation sites (tertiary alicyclic amines) is 1. The lowest BCUT2D eigenvalue weighted by Crippen LogP contribution is -2.41. The molecule has 3 heteroatoms. The Bertz CT molecular complexity index is 280. The Labute approximate surface area is 105 Å². The number of hydrogen-bond acceptors (Lipinski definition) is 2. The van der Waals surface area contributed by atoms with Gasteiger partial charge in [0.05, 0.1) is 6.61 Å². The van der Waals surface area contributed by atoms with Crippen molar-refractivity contribution >= 4 is 5.91 Å². The second-order valence-electron chi connectivity index (χ2n) is 5.17. The van der Waals surface area contributed by atoms with Crippen LogP contribution in [0.5, 0.6) is 0 Å². The molecule has 17 heavy (non-hydrogen) atoms. The van der Waals surface area contributed by atoms with Gasteiger partial charge in [0, 0.05) is 19.5 Å². The van der Waals surface area contributed by atoms with Gasteiger partial charge in [-0.05, 0) is 24.7 Å². The monoisotopic (exact) mass is 237 g/mol. The number of rotatable bonds is 5. The van der Waals surface area contributed by atoms with E-state index in [1.807, 2.05) is 4.90 Å². The summed E-state index contributed by atoms with van der Waals surface area (Å²) in [5, 5.41) is 0. The standard InChI is InChI=1S/C14H23NO2/c1-4-8-17-11-13-6-5-7-15(10-13)14(16)9-12(2)3/h1,12-13H,5-11H2,2-3H3. The van der Waals surface area contributed by atoms with E-state index in [1.165, 1.54) is 0 Å². The number of nitrogens with zero attached hydrogens (tertiary/aromatic N) is 1. The molecule has 0 radical (unpaired) electrons. The highest BCUT2D eigenvalue weighted by molar-refractivity contribution is 5.76. The topological polar surface area (TPSA) is 29.5 Å². The summed E-state index contributed by atoms with van der Waals surface area (Å²) in [7, 11) is 0. The van der Waals surface area contributed by atoms with Gasteiger partial charge in [-0.25, -0.2) is 0 Å². The molecule has 1 fully saturated rings. The van der Waals surface area contributed by atoms with E-state index in [1.54, 1.807) is 0 Å². The van der Waals surface area contributed by atoms with E-state index in [0.29, 0.717) is 31.5 Å². The van der Waals surface area contributed by atoms with E-state index in [2.05, 4.69) is 19.8 Å². The third-order valence-electron chi connectivity index (χ3n) is 2.99. The predicted molar refractivity (Wildman–Crippen MR) is 68.4 cm³/mol. The van der Waals surface area contributed by atoms with E-state index in [-0.39, 0.29) is 5.91 Å². The molecule has 0 saturated carbocycles. The maximum atomic E-state index is 11.9. The summed E-state index contributed by atoms with van der Waals surface area (Å²) in [5.74, 6) is 3.63. The van der Waals surface area contributed by atoms with Crippen molar-refractivity contribution in [1.82, 2.24) is 4.90 Å². The maximum absolute atomic E-state index is 11.9. The van der Waals surface area contributed by atoms with Crippen LogP contribution in [0.2, 0.25) is 0 Å². The molecule has 0 aromatic rings. The average molecular weight is 237 g/mol. The molecule has 1 atom stereocenters. The van der Waals surface area contributed by atoms with Crippen LogP contribution in [0.4, 0.5) is 0 Å². The highest BCUT2D eigenvalue weighted by atomic mass is 16.5. The van der Waals surface area contributed by atoms with Gasteiger partial charge < -0.3 is 9.64 Å². The first-order valence-corrected chi connectivity index (χ1v) is 6.42. The minimum atomic E-state index is 0.279. The first kappa shape index (κ1) is 14.1. The fraction of sp³-hybridized carbons (Fsp3) is 0.786. The predicted octanol–water partition coefficient (Wildman–Crippen LogP) is 1.92. The molecule has 1 amide bonds. The van der Waals surface area contributed by atoms with Gasteiger partial charge in [0.2, 0.25) is 5.91 Å². The van der Waals surface area contributed by atoms with Gasteiger partial charge in [-0.3, -0.25) is 4.79 Å². The number of carbonyl (C=O) groups is 1. The number of amides is 1. The lowest BCUT2D eigenvalue weighted by Gasteiger charge is -2.33. The summed E-state index contributed by atoms with van der Waals surface area (Å²) in [6, 6.07) is 0. The highest BCUT2D eigenvalue weighted by Gasteiger charge is 2.23. The van der Waals surface area contributed by atoms with Crippen molar-refractivity contribution in [1.29, 1.82) is 0 Å². The Balaban J connectivity index is 2.33. The normalized spacial score (nSPS) is 20.4. The molecule has 0 aromatic heterocycles. The van der Waals surface area contributed by atoms with Crippen LogP contribution in [0.25, 0.3) is 0 Å². The third kappa shape index (κ3) is 5.23. The molecule has 0 aromatic carbocycles. The molecule has 3 nitrogen and oxygen atoms in total. The Kier molecular flexibility index (Phi) is 6.07. The quantitative estimate of drug-likeness (QED) is 0.540. The van der Waals surface area contributed by atoms with Crippen molar-refractivity contribution in [3.05, 3.63) is 0 Å². The van der Waals surface area contributed by atoms with E-state index in [4.69, 9.17) is 11.2 Å². The molecule has 0 aliphatic carbocycles. The zero-order chi connectivity index (χ0) is 12.7. The molecule has 1 saturated heterocycles. The van der Waals surface area contributed by atoms with Crippen LogP contribution in [0.3, 0.4) is 0 Å². The van der Waals surface area contributed by atoms with Gasteiger partial charge in [0.15, 0.2) is 0 Å². The Morgan fingerprint density at radius 1 is 1.59 bits per heavy atom. The van der Waals surface area contributed by atoms with Gasteiger partial charge in [-0.15, -0.1) is 6.42 Å². The van der Waals surface area contributed by atoms with E-state index < -0.39 is 0 Å². The van der Waals surface area contributed by atoms with Crippen molar-refractivity contribution in [2.75, 3.05) is 26.3 Å². The molecule has 0 bridgehead atoms. The van der Waals surface area contributed by atoms with E-state index >= 15 is 0 Å². The van der Waals surface area contributed by atoms with Gasteiger partial charge in [-0.2, -0.15) is 0 Å². The maximum Gasteiger partial charge on any atom is 0.222 e. The molecule has 1 aliphatic rings. The summed E-state index contributed by atoms with van der Waals surface area (Å²) in [6.07, 6.45) is 8.00. The number of ether oxygens (including phenoxy) is 1. The minimum Gasteiger partial charge on any atom is -0.368 e. The second kappa shape index (κ2) is 7.34. The molecule has 1 unspecified atom stereocenters. The van der Waals surface area contributed by atoms with Gasteiger partial charge >= 0.3 is 0 Å². The van der Waals surface area contributed by atoms with Crippen LogP contribution in [-0.2, 0) is 9.53 Å². The molecule has 1 rings (SSSR count). The fourth-order valence-electron chi connectivity index (χ4n) is 2.19. The van der Waals surface area contributed by atoms with Crippen LogP contribution in [0, 0.1) is 24.2 Å². The van der Waals surface area contributed by atoms with Gasteiger partial charge in [-0.1, -0.05) is 19.8 Å². The molecular formula is C14H23NO2. The third-order valence-corrected chi connectivity index (χ3v) is 2.99. The lowest BCUT2D eigenvalue weighted by molar-refractivity contribution is -0.134. The van der Waals surface area contributed by atoms with Crippen molar-refractivity contribution in [3.8, 4) is 12.3 Å². The van der Waals surface area contributed by atoms with Crippen LogP contribution < -0.4 is 0 Å². The van der Waals surface area contributed by atoms with E-state index in [9.17, 15) is 4.79 Å². The molecule has 96 valence electrons. The second-order valence-corrected chi connectivity index (χ2v) is 5.17. The number of terminal acetylenes is 1. The van der Waals surface area contributed by atoms with Crippen LogP contribution in [0.1, 0.15) is 33.1 Å². The lowest BCUT2D eigenvalue weighted by atomic mass is 9.98. The van der Waals surface area contributed by atoms with Gasteiger partial charge in [0.1, 0.15) is 6.61 Å². The first-order chi connectivity index (χ1) is 8.13. The van der Waals surface area contributed by atoms with E-state index in [0.717, 1.165) is 25.9 Å². The average Bonchev–Trinajstić information content (AvgIpc) is 2.29. The summed E-state index contributed by atoms with van der Waals surface area (Å²) in [5.41, 5.74) is 0. The fourth-order valence-corrected chi connectivity index (χ4v) is 2.19. The molecule has 1 aliphatic heterocycles. The van der Waals surface area contributed by atoms with Crippen molar-refractivity contribution in [3.63, 3.8) is 0 Å². The smallest absolute Gasteiger partial charge is 0.222 e. The van der Waals surface area contributed by atoms with Gasteiger partial charge in [0.25, 0.3) is 0 Å². The number of hydrogen-bond donors (Lipinski definition) is 0. The van der Waals surface area contributed by atoms with Crippen molar-refractivity contribution < 1.29 is 9.53 Å². The van der Waals surface area contributed by atoms with Crippen LogP contribution in [0.15, 0.2) is 0 Å². The summed E-state index contributed by atoms with van der Waals surface area (Å²) >= 11 is 0. The first-order valence-electron chi connectivity index (χ1n) is 6.42. The van der Waals surface area contributed by atoms with Crippen LogP contribution in [-0.4, -0.2) is 37.1 Å². The molecule has 0 N–H and O–H groups in total. The Morgan fingerprint density at radius 3 is 3.00 bits per heavy atom. The Hall–Kier alpha value is -1.01. The molecular weight excluding hydrogens is 214 g/mol.